The first-order chi connectivity index (χ1) is 8.61. The van der Waals surface area contributed by atoms with Crippen LogP contribution in [-0.4, -0.2) is 44.7 Å². The number of rotatable bonds is 3. The summed E-state index contributed by atoms with van der Waals surface area (Å²) in [4.78, 5) is 21.1. The van der Waals surface area contributed by atoms with Gasteiger partial charge in [-0.05, 0) is 6.07 Å². The number of nitrogens with two attached hydrogens (primary N) is 1. The molecule has 0 unspecified atom stereocenters. The predicted octanol–water partition coefficient (Wildman–Crippen LogP) is -0.350. The number of hydrazine groups is 1. The SMILES string of the molecule is CN(C)C(=O)c1ccn(-c2cc(NN)ncn2)n1. The van der Waals surface area contributed by atoms with Gasteiger partial charge in [-0.25, -0.2) is 20.5 Å². The van der Waals surface area contributed by atoms with Crippen LogP contribution in [0.3, 0.4) is 0 Å². The van der Waals surface area contributed by atoms with E-state index in [9.17, 15) is 4.79 Å². The van der Waals surface area contributed by atoms with Crippen molar-refractivity contribution in [3.8, 4) is 5.82 Å². The molecule has 94 valence electrons. The molecule has 2 aromatic rings. The van der Waals surface area contributed by atoms with E-state index in [1.165, 1.54) is 15.9 Å². The van der Waals surface area contributed by atoms with Crippen LogP contribution in [0.15, 0.2) is 24.7 Å². The number of nitrogens with one attached hydrogen (secondary N) is 1. The van der Waals surface area contributed by atoms with Crippen LogP contribution in [0.4, 0.5) is 5.82 Å². The first-order valence-electron chi connectivity index (χ1n) is 5.18. The summed E-state index contributed by atoms with van der Waals surface area (Å²) in [5.41, 5.74) is 2.77. The fourth-order valence-electron chi connectivity index (χ4n) is 1.35. The van der Waals surface area contributed by atoms with Crippen LogP contribution in [0.1, 0.15) is 10.5 Å². The number of nitrogens with zero attached hydrogens (tertiary/aromatic N) is 5. The van der Waals surface area contributed by atoms with E-state index in [-0.39, 0.29) is 5.91 Å². The minimum absolute atomic E-state index is 0.167. The Bertz CT molecular complexity index is 563. The van der Waals surface area contributed by atoms with Crippen molar-refractivity contribution in [1.29, 1.82) is 0 Å². The van der Waals surface area contributed by atoms with Crippen LogP contribution >= 0.6 is 0 Å². The third-order valence-electron chi connectivity index (χ3n) is 2.25. The molecule has 2 heterocycles. The van der Waals surface area contributed by atoms with Crippen molar-refractivity contribution < 1.29 is 4.79 Å². The Balaban J connectivity index is 2.32. The zero-order valence-corrected chi connectivity index (χ0v) is 10.0. The van der Waals surface area contributed by atoms with Crippen molar-refractivity contribution in [1.82, 2.24) is 24.6 Å². The van der Waals surface area contributed by atoms with Gasteiger partial charge in [0.2, 0.25) is 0 Å². The van der Waals surface area contributed by atoms with Crippen LogP contribution in [-0.2, 0) is 0 Å². The molecule has 0 aliphatic rings. The molecule has 0 spiro atoms. The van der Waals surface area contributed by atoms with E-state index in [4.69, 9.17) is 5.84 Å². The van der Waals surface area contributed by atoms with Gasteiger partial charge in [-0.3, -0.25) is 4.79 Å². The molecule has 0 bridgehead atoms. The zero-order valence-electron chi connectivity index (χ0n) is 10.0. The number of anilines is 1. The van der Waals surface area contributed by atoms with Crippen LogP contribution < -0.4 is 11.3 Å². The number of aromatic nitrogens is 4. The summed E-state index contributed by atoms with van der Waals surface area (Å²) in [6, 6.07) is 3.25. The molecule has 1 amide bonds. The monoisotopic (exact) mass is 247 g/mol. The summed E-state index contributed by atoms with van der Waals surface area (Å²) >= 11 is 0. The average Bonchev–Trinajstić information content (AvgIpc) is 2.87. The maximum absolute atomic E-state index is 11.7. The van der Waals surface area contributed by atoms with E-state index in [0.717, 1.165) is 0 Å². The van der Waals surface area contributed by atoms with E-state index in [1.807, 2.05) is 0 Å². The average molecular weight is 247 g/mol. The van der Waals surface area contributed by atoms with Gasteiger partial charge in [-0.1, -0.05) is 0 Å². The number of amides is 1. The maximum atomic E-state index is 11.7. The standard InChI is InChI=1S/C10H13N7O/c1-16(2)10(18)7-3-4-17(15-7)9-5-8(14-11)12-6-13-9/h3-6H,11H2,1-2H3,(H,12,13,14). The minimum atomic E-state index is -0.167. The number of carbonyl (C=O) groups is 1. The van der Waals surface area contributed by atoms with Gasteiger partial charge in [-0.2, -0.15) is 5.10 Å². The lowest BCUT2D eigenvalue weighted by Crippen LogP contribution is -2.22. The number of nitrogen functional groups attached to an aromatic ring is 1. The Morgan fingerprint density at radius 1 is 1.44 bits per heavy atom. The molecule has 0 fully saturated rings. The fourth-order valence-corrected chi connectivity index (χ4v) is 1.35. The van der Waals surface area contributed by atoms with Gasteiger partial charge in [-0.15, -0.1) is 0 Å². The third-order valence-corrected chi connectivity index (χ3v) is 2.25. The molecule has 0 saturated carbocycles. The molecule has 0 aromatic carbocycles. The first kappa shape index (κ1) is 12.0. The topological polar surface area (TPSA) is 102 Å². The zero-order chi connectivity index (χ0) is 13.1. The lowest BCUT2D eigenvalue weighted by atomic mass is 10.4. The third kappa shape index (κ3) is 2.28. The summed E-state index contributed by atoms with van der Waals surface area (Å²) in [6.07, 6.45) is 3.01. The van der Waals surface area contributed by atoms with Gasteiger partial charge in [0.05, 0.1) is 0 Å². The van der Waals surface area contributed by atoms with Crippen molar-refractivity contribution in [2.45, 2.75) is 0 Å². The van der Waals surface area contributed by atoms with Crippen LogP contribution in [0, 0.1) is 0 Å². The largest absolute Gasteiger partial charge is 0.343 e. The molecule has 0 atom stereocenters. The highest BCUT2D eigenvalue weighted by Gasteiger charge is 2.12. The maximum Gasteiger partial charge on any atom is 0.273 e. The smallest absolute Gasteiger partial charge is 0.273 e. The second-order valence-corrected chi connectivity index (χ2v) is 3.75. The van der Waals surface area contributed by atoms with E-state index < -0.39 is 0 Å². The summed E-state index contributed by atoms with van der Waals surface area (Å²) in [6.45, 7) is 0. The van der Waals surface area contributed by atoms with Gasteiger partial charge >= 0.3 is 0 Å². The minimum Gasteiger partial charge on any atom is -0.343 e. The van der Waals surface area contributed by atoms with Gasteiger partial charge in [0.15, 0.2) is 11.5 Å². The lowest BCUT2D eigenvalue weighted by Gasteiger charge is -2.07. The Morgan fingerprint density at radius 3 is 2.89 bits per heavy atom. The number of hydrogen-bond acceptors (Lipinski definition) is 6. The molecule has 2 aromatic heterocycles. The Morgan fingerprint density at radius 2 is 2.22 bits per heavy atom. The molecule has 0 aliphatic carbocycles. The van der Waals surface area contributed by atoms with Crippen molar-refractivity contribution in [2.24, 2.45) is 5.84 Å². The van der Waals surface area contributed by atoms with Crippen molar-refractivity contribution in [2.75, 3.05) is 19.5 Å². The Hall–Kier alpha value is -2.48. The molecular formula is C10H13N7O. The van der Waals surface area contributed by atoms with Crippen molar-refractivity contribution in [3.63, 3.8) is 0 Å². The highest BCUT2D eigenvalue weighted by atomic mass is 16.2. The Kier molecular flexibility index (Phi) is 3.20. The summed E-state index contributed by atoms with van der Waals surface area (Å²) in [7, 11) is 3.34. The molecule has 0 radical (unpaired) electrons. The lowest BCUT2D eigenvalue weighted by molar-refractivity contribution is 0.0821. The highest BCUT2D eigenvalue weighted by molar-refractivity contribution is 5.91. The van der Waals surface area contributed by atoms with E-state index in [2.05, 4.69) is 20.5 Å². The quantitative estimate of drug-likeness (QED) is 0.567. The second kappa shape index (κ2) is 4.80. The van der Waals surface area contributed by atoms with E-state index in [1.54, 1.807) is 32.4 Å². The molecule has 0 saturated heterocycles. The predicted molar refractivity (Wildman–Crippen MR) is 65.0 cm³/mol. The molecular weight excluding hydrogens is 234 g/mol. The van der Waals surface area contributed by atoms with Crippen molar-refractivity contribution in [3.05, 3.63) is 30.4 Å². The van der Waals surface area contributed by atoms with Crippen molar-refractivity contribution >= 4 is 11.7 Å². The van der Waals surface area contributed by atoms with Crippen LogP contribution in [0.25, 0.3) is 5.82 Å². The number of hydrogen-bond donors (Lipinski definition) is 2. The number of carbonyl (C=O) groups excluding carboxylic acids is 1. The molecule has 2 rings (SSSR count). The normalized spacial score (nSPS) is 10.2. The second-order valence-electron chi connectivity index (χ2n) is 3.75. The van der Waals surface area contributed by atoms with Gasteiger partial charge in [0, 0.05) is 26.4 Å². The Labute approximate surface area is 103 Å². The van der Waals surface area contributed by atoms with Gasteiger partial charge in [0.1, 0.15) is 12.1 Å². The highest BCUT2D eigenvalue weighted by Crippen LogP contribution is 2.08. The first-order valence-corrected chi connectivity index (χ1v) is 5.18. The molecule has 8 nitrogen and oxygen atoms in total. The molecule has 8 heteroatoms. The molecule has 18 heavy (non-hydrogen) atoms. The summed E-state index contributed by atoms with van der Waals surface area (Å²) in [5.74, 6) is 6.08. The van der Waals surface area contributed by atoms with E-state index >= 15 is 0 Å². The van der Waals surface area contributed by atoms with E-state index in [0.29, 0.717) is 17.3 Å². The summed E-state index contributed by atoms with van der Waals surface area (Å²) in [5, 5.41) is 4.14. The summed E-state index contributed by atoms with van der Waals surface area (Å²) < 4.78 is 1.49. The van der Waals surface area contributed by atoms with Gasteiger partial charge in [0.25, 0.3) is 5.91 Å². The fraction of sp³-hybridized carbons (Fsp3) is 0.200. The van der Waals surface area contributed by atoms with Crippen LogP contribution in [0.5, 0.6) is 0 Å². The molecule has 0 aliphatic heterocycles. The van der Waals surface area contributed by atoms with Gasteiger partial charge < -0.3 is 10.3 Å². The molecule has 3 N–H and O–H groups in total. The van der Waals surface area contributed by atoms with Crippen LogP contribution in [0.2, 0.25) is 0 Å².